The monoisotopic (exact) mass is 178 g/mol. The molecule has 0 atom stereocenters. The Bertz CT molecular complexity index is 406. The first-order chi connectivity index (χ1) is 5.81. The minimum absolute atomic E-state index is 0.985. The molecule has 0 unspecified atom stereocenters. The summed E-state index contributed by atoms with van der Waals surface area (Å²) in [5.74, 6) is 0. The fourth-order valence-corrected chi connectivity index (χ4v) is 2.30. The molecule has 12 heavy (non-hydrogen) atoms. The van der Waals surface area contributed by atoms with Crippen LogP contribution in [0.2, 0.25) is 0 Å². The first kappa shape index (κ1) is 7.68. The van der Waals surface area contributed by atoms with Gasteiger partial charge in [0, 0.05) is 4.88 Å². The van der Waals surface area contributed by atoms with Crippen LogP contribution in [0.3, 0.4) is 0 Å². The van der Waals surface area contributed by atoms with Gasteiger partial charge in [-0.05, 0) is 19.4 Å². The minimum Gasteiger partial charge on any atom is -0.240 e. The standard InChI is InChI=1S/C9H10N2S/c1-3-7-9-8(11-5-10-7)4-6(2)12-9/h4-5H,3H2,1-2H3. The Morgan fingerprint density at radius 2 is 2.25 bits per heavy atom. The number of aromatic nitrogens is 2. The van der Waals surface area contributed by atoms with E-state index in [1.54, 1.807) is 17.7 Å². The van der Waals surface area contributed by atoms with Gasteiger partial charge in [0.1, 0.15) is 6.33 Å². The van der Waals surface area contributed by atoms with Crippen molar-refractivity contribution in [3.63, 3.8) is 0 Å². The molecule has 2 aromatic heterocycles. The van der Waals surface area contributed by atoms with Crippen LogP contribution in [-0.2, 0) is 6.42 Å². The zero-order valence-electron chi connectivity index (χ0n) is 7.16. The molecule has 0 fully saturated rings. The Morgan fingerprint density at radius 3 is 3.00 bits per heavy atom. The second-order valence-corrected chi connectivity index (χ2v) is 4.00. The minimum atomic E-state index is 0.985. The third-order valence-electron chi connectivity index (χ3n) is 1.84. The molecule has 0 aliphatic carbocycles. The highest BCUT2D eigenvalue weighted by atomic mass is 32.1. The third-order valence-corrected chi connectivity index (χ3v) is 2.93. The van der Waals surface area contributed by atoms with Crippen LogP contribution in [-0.4, -0.2) is 9.97 Å². The predicted molar refractivity (Wildman–Crippen MR) is 51.5 cm³/mol. The van der Waals surface area contributed by atoms with Gasteiger partial charge >= 0.3 is 0 Å². The molecule has 3 heteroatoms. The summed E-state index contributed by atoms with van der Waals surface area (Å²) in [4.78, 5) is 9.75. The summed E-state index contributed by atoms with van der Waals surface area (Å²) in [5.41, 5.74) is 2.25. The Hall–Kier alpha value is -0.960. The molecule has 0 aliphatic rings. The predicted octanol–water partition coefficient (Wildman–Crippen LogP) is 2.56. The van der Waals surface area contributed by atoms with Gasteiger partial charge in [-0.25, -0.2) is 9.97 Å². The average Bonchev–Trinajstić information content (AvgIpc) is 2.44. The van der Waals surface area contributed by atoms with Crippen molar-refractivity contribution < 1.29 is 0 Å². The first-order valence-corrected chi connectivity index (χ1v) is 4.83. The number of hydrogen-bond donors (Lipinski definition) is 0. The average molecular weight is 178 g/mol. The summed E-state index contributed by atoms with van der Waals surface area (Å²) in [7, 11) is 0. The lowest BCUT2D eigenvalue weighted by molar-refractivity contribution is 1.04. The highest BCUT2D eigenvalue weighted by molar-refractivity contribution is 7.19. The van der Waals surface area contributed by atoms with Crippen molar-refractivity contribution in [2.75, 3.05) is 0 Å². The van der Waals surface area contributed by atoms with Gasteiger partial charge in [0.15, 0.2) is 0 Å². The summed E-state index contributed by atoms with van der Waals surface area (Å²) in [6, 6.07) is 2.11. The topological polar surface area (TPSA) is 25.8 Å². The van der Waals surface area contributed by atoms with Gasteiger partial charge in [-0.15, -0.1) is 11.3 Å². The number of hydrogen-bond acceptors (Lipinski definition) is 3. The number of aryl methyl sites for hydroxylation is 2. The molecule has 2 aromatic rings. The molecule has 0 spiro atoms. The van der Waals surface area contributed by atoms with E-state index in [-0.39, 0.29) is 0 Å². The number of nitrogens with zero attached hydrogens (tertiary/aromatic N) is 2. The maximum absolute atomic E-state index is 4.24. The number of fused-ring (bicyclic) bond motifs is 1. The summed E-state index contributed by atoms with van der Waals surface area (Å²) < 4.78 is 1.25. The van der Waals surface area contributed by atoms with Crippen LogP contribution in [0.5, 0.6) is 0 Å². The molecule has 0 amide bonds. The Labute approximate surface area is 75.3 Å². The van der Waals surface area contributed by atoms with E-state index in [4.69, 9.17) is 0 Å². The van der Waals surface area contributed by atoms with Gasteiger partial charge in [0.2, 0.25) is 0 Å². The molecule has 2 nitrogen and oxygen atoms in total. The van der Waals surface area contributed by atoms with Crippen LogP contribution in [0.25, 0.3) is 10.2 Å². The van der Waals surface area contributed by atoms with E-state index in [0.29, 0.717) is 0 Å². The smallest absolute Gasteiger partial charge is 0.116 e. The largest absolute Gasteiger partial charge is 0.240 e. The molecule has 0 radical (unpaired) electrons. The van der Waals surface area contributed by atoms with Crippen molar-refractivity contribution in [1.82, 2.24) is 9.97 Å². The summed E-state index contributed by atoms with van der Waals surface area (Å²) in [6.07, 6.45) is 2.63. The Morgan fingerprint density at radius 1 is 1.42 bits per heavy atom. The van der Waals surface area contributed by atoms with Crippen molar-refractivity contribution in [2.24, 2.45) is 0 Å². The summed E-state index contributed by atoms with van der Waals surface area (Å²) in [6.45, 7) is 4.22. The van der Waals surface area contributed by atoms with Gasteiger partial charge < -0.3 is 0 Å². The van der Waals surface area contributed by atoms with Crippen LogP contribution in [0.4, 0.5) is 0 Å². The first-order valence-electron chi connectivity index (χ1n) is 4.01. The van der Waals surface area contributed by atoms with Gasteiger partial charge in [-0.1, -0.05) is 6.92 Å². The molecule has 2 rings (SSSR count). The van der Waals surface area contributed by atoms with E-state index in [1.807, 2.05) is 0 Å². The van der Waals surface area contributed by atoms with Gasteiger partial charge in [-0.3, -0.25) is 0 Å². The zero-order valence-corrected chi connectivity index (χ0v) is 7.98. The number of thiophene rings is 1. The van der Waals surface area contributed by atoms with Crippen molar-refractivity contribution in [1.29, 1.82) is 0 Å². The van der Waals surface area contributed by atoms with E-state index in [9.17, 15) is 0 Å². The zero-order chi connectivity index (χ0) is 8.55. The molecule has 62 valence electrons. The lowest BCUT2D eigenvalue weighted by atomic mass is 10.3. The molecule has 0 saturated carbocycles. The van der Waals surface area contributed by atoms with Gasteiger partial charge in [0.25, 0.3) is 0 Å². The molecule has 0 saturated heterocycles. The molecule has 0 aromatic carbocycles. The molecular formula is C9H10N2S. The van der Waals surface area contributed by atoms with Gasteiger partial charge in [-0.2, -0.15) is 0 Å². The van der Waals surface area contributed by atoms with Crippen molar-refractivity contribution in [3.05, 3.63) is 23.0 Å². The van der Waals surface area contributed by atoms with E-state index in [0.717, 1.165) is 17.6 Å². The van der Waals surface area contributed by atoms with E-state index in [1.165, 1.54) is 9.58 Å². The van der Waals surface area contributed by atoms with Gasteiger partial charge in [0.05, 0.1) is 15.9 Å². The molecular weight excluding hydrogens is 168 g/mol. The quantitative estimate of drug-likeness (QED) is 0.670. The fraction of sp³-hybridized carbons (Fsp3) is 0.333. The van der Waals surface area contributed by atoms with E-state index in [2.05, 4.69) is 29.9 Å². The Balaban J connectivity index is 2.78. The second kappa shape index (κ2) is 2.83. The second-order valence-electron chi connectivity index (χ2n) is 2.75. The summed E-state index contributed by atoms with van der Waals surface area (Å²) >= 11 is 1.78. The maximum atomic E-state index is 4.24. The van der Waals surface area contributed by atoms with Crippen molar-refractivity contribution >= 4 is 21.6 Å². The molecule has 0 N–H and O–H groups in total. The third kappa shape index (κ3) is 1.10. The van der Waals surface area contributed by atoms with Crippen LogP contribution in [0.1, 0.15) is 17.5 Å². The SMILES string of the molecule is CCc1ncnc2cc(C)sc12. The van der Waals surface area contributed by atoms with Crippen molar-refractivity contribution in [2.45, 2.75) is 20.3 Å². The van der Waals surface area contributed by atoms with E-state index >= 15 is 0 Å². The Kier molecular flexibility index (Phi) is 1.81. The van der Waals surface area contributed by atoms with Crippen LogP contribution in [0, 0.1) is 6.92 Å². The van der Waals surface area contributed by atoms with Crippen LogP contribution >= 0.6 is 11.3 Å². The van der Waals surface area contributed by atoms with Crippen LogP contribution in [0.15, 0.2) is 12.4 Å². The highest BCUT2D eigenvalue weighted by Crippen LogP contribution is 2.25. The lowest BCUT2D eigenvalue weighted by Crippen LogP contribution is -1.86. The fourth-order valence-electron chi connectivity index (χ4n) is 1.27. The summed E-state index contributed by atoms with van der Waals surface area (Å²) in [5, 5.41) is 0. The van der Waals surface area contributed by atoms with E-state index < -0.39 is 0 Å². The normalized spacial score (nSPS) is 10.8. The molecule has 0 aliphatic heterocycles. The maximum Gasteiger partial charge on any atom is 0.116 e. The molecule has 2 heterocycles. The highest BCUT2D eigenvalue weighted by Gasteiger charge is 2.03. The lowest BCUT2D eigenvalue weighted by Gasteiger charge is -1.94. The van der Waals surface area contributed by atoms with Crippen LogP contribution < -0.4 is 0 Å². The molecule has 0 bridgehead atoms. The number of rotatable bonds is 1. The van der Waals surface area contributed by atoms with Crippen molar-refractivity contribution in [3.8, 4) is 0 Å².